The van der Waals surface area contributed by atoms with Crippen molar-refractivity contribution in [2.24, 2.45) is 5.92 Å². The Kier molecular flexibility index (Phi) is 7.17. The number of phenolic OH excluding ortho intramolecular Hbond substituents is 1. The molecular formula is C22H28BrN5OS. The van der Waals surface area contributed by atoms with Crippen molar-refractivity contribution in [3.63, 3.8) is 0 Å². The Balaban J connectivity index is 1.52. The molecule has 0 amide bonds. The van der Waals surface area contributed by atoms with Gasteiger partial charge in [-0.3, -0.25) is 0 Å². The molecule has 2 N–H and O–H groups in total. The molecular weight excluding hydrogens is 462 g/mol. The molecule has 160 valence electrons. The lowest BCUT2D eigenvalue weighted by atomic mass is 9.98. The summed E-state index contributed by atoms with van der Waals surface area (Å²) >= 11 is 5.47. The molecule has 0 radical (unpaired) electrons. The molecule has 1 fully saturated rings. The summed E-state index contributed by atoms with van der Waals surface area (Å²) in [7, 11) is 0. The Hall–Kier alpha value is -1.77. The maximum atomic E-state index is 10.3. The fraction of sp³-hybridized carbons (Fsp3) is 0.455. The van der Waals surface area contributed by atoms with Gasteiger partial charge in [0.15, 0.2) is 5.65 Å². The van der Waals surface area contributed by atoms with Crippen molar-refractivity contribution in [2.75, 3.05) is 43.5 Å². The Morgan fingerprint density at radius 1 is 1.33 bits per heavy atom. The zero-order valence-electron chi connectivity index (χ0n) is 17.2. The fourth-order valence-corrected chi connectivity index (χ4v) is 4.86. The molecule has 6 nitrogen and oxygen atoms in total. The summed E-state index contributed by atoms with van der Waals surface area (Å²) in [5.41, 5.74) is 2.18. The van der Waals surface area contributed by atoms with Gasteiger partial charge in [0.25, 0.3) is 0 Å². The third-order valence-corrected chi connectivity index (χ3v) is 6.86. The van der Waals surface area contributed by atoms with Gasteiger partial charge in [0, 0.05) is 24.7 Å². The number of phenols is 1. The lowest BCUT2D eigenvalue weighted by Crippen LogP contribution is -2.38. The van der Waals surface area contributed by atoms with Gasteiger partial charge in [-0.1, -0.05) is 12.1 Å². The van der Waals surface area contributed by atoms with Crippen LogP contribution >= 0.6 is 27.7 Å². The van der Waals surface area contributed by atoms with Crippen LogP contribution in [-0.2, 0) is 0 Å². The van der Waals surface area contributed by atoms with Crippen molar-refractivity contribution in [3.05, 3.63) is 41.0 Å². The highest BCUT2D eigenvalue weighted by atomic mass is 79.9. The van der Waals surface area contributed by atoms with Gasteiger partial charge in [-0.2, -0.15) is 21.4 Å². The lowest BCUT2D eigenvalue weighted by molar-refractivity contribution is 0.181. The van der Waals surface area contributed by atoms with Crippen molar-refractivity contribution in [1.82, 2.24) is 19.5 Å². The number of benzene rings is 1. The Morgan fingerprint density at radius 3 is 3.03 bits per heavy atom. The van der Waals surface area contributed by atoms with Crippen LogP contribution in [0.15, 0.2) is 41.0 Å². The van der Waals surface area contributed by atoms with Crippen LogP contribution in [0, 0.1) is 5.92 Å². The van der Waals surface area contributed by atoms with Crippen LogP contribution in [0.25, 0.3) is 16.9 Å². The van der Waals surface area contributed by atoms with Crippen LogP contribution in [0.4, 0.5) is 5.82 Å². The van der Waals surface area contributed by atoms with Crippen LogP contribution in [-0.4, -0.2) is 62.8 Å². The molecule has 1 unspecified atom stereocenters. The van der Waals surface area contributed by atoms with E-state index in [1.807, 2.05) is 40.5 Å². The van der Waals surface area contributed by atoms with Gasteiger partial charge in [-0.25, -0.2) is 4.98 Å². The van der Waals surface area contributed by atoms with E-state index in [0.29, 0.717) is 11.5 Å². The van der Waals surface area contributed by atoms with E-state index in [4.69, 9.17) is 4.98 Å². The normalized spacial score (nSPS) is 17.5. The monoisotopic (exact) mass is 489 g/mol. The predicted octanol–water partition coefficient (Wildman–Crippen LogP) is 4.74. The number of thioether (sulfide) groups is 1. The maximum absolute atomic E-state index is 10.3. The summed E-state index contributed by atoms with van der Waals surface area (Å²) in [5.74, 6) is 2.97. The average molecular weight is 490 g/mol. The second-order valence-corrected chi connectivity index (χ2v) is 9.65. The van der Waals surface area contributed by atoms with E-state index < -0.39 is 0 Å². The number of anilines is 1. The van der Waals surface area contributed by atoms with Gasteiger partial charge in [-0.15, -0.1) is 0 Å². The minimum atomic E-state index is 0.226. The highest BCUT2D eigenvalue weighted by Gasteiger charge is 2.20. The summed E-state index contributed by atoms with van der Waals surface area (Å²) in [5, 5.41) is 18.4. The molecule has 0 spiro atoms. The number of nitrogens with one attached hydrogen (secondary N) is 1. The number of fused-ring (bicyclic) bond motifs is 1. The summed E-state index contributed by atoms with van der Waals surface area (Å²) < 4.78 is 2.66. The third kappa shape index (κ3) is 4.92. The molecule has 1 aliphatic heterocycles. The van der Waals surface area contributed by atoms with Crippen molar-refractivity contribution in [3.8, 4) is 17.0 Å². The van der Waals surface area contributed by atoms with Crippen molar-refractivity contribution < 1.29 is 5.11 Å². The van der Waals surface area contributed by atoms with E-state index in [1.54, 1.807) is 12.3 Å². The number of para-hydroxylation sites is 1. The van der Waals surface area contributed by atoms with Crippen LogP contribution < -0.4 is 5.32 Å². The first kappa shape index (κ1) is 21.5. The van der Waals surface area contributed by atoms with Crippen molar-refractivity contribution in [2.45, 2.75) is 19.3 Å². The Morgan fingerprint density at radius 2 is 2.20 bits per heavy atom. The van der Waals surface area contributed by atoms with Crippen LogP contribution in [0.1, 0.15) is 19.3 Å². The first-order valence-electron chi connectivity index (χ1n) is 10.4. The molecule has 1 aromatic carbocycles. The molecule has 1 atom stereocenters. The standard InChI is InChI=1S/C22H28BrN5OS/c1-30-11-5-10-27-9-4-6-16(15-27)13-24-21-12-19(17-7-2-3-8-20(17)29)26-22-18(23)14-25-28(21)22/h2-3,7-8,12,14,16,24,29H,4-6,9-11,13,15H2,1H3. The molecule has 1 aliphatic rings. The van der Waals surface area contributed by atoms with Gasteiger partial charge >= 0.3 is 0 Å². The number of hydrogen-bond donors (Lipinski definition) is 2. The minimum absolute atomic E-state index is 0.226. The van der Waals surface area contributed by atoms with Crippen molar-refractivity contribution in [1.29, 1.82) is 0 Å². The fourth-order valence-electron chi connectivity index (χ4n) is 4.09. The summed E-state index contributed by atoms with van der Waals surface area (Å²) in [6.45, 7) is 4.45. The zero-order valence-corrected chi connectivity index (χ0v) is 19.6. The Bertz CT molecular complexity index is 995. The molecule has 3 aromatic rings. The number of likely N-dealkylation sites (tertiary alicyclic amines) is 1. The van der Waals surface area contributed by atoms with Gasteiger partial charge in [0.05, 0.1) is 16.4 Å². The Labute approximate surface area is 190 Å². The largest absolute Gasteiger partial charge is 0.507 e. The molecule has 8 heteroatoms. The highest BCUT2D eigenvalue weighted by Crippen LogP contribution is 2.31. The zero-order chi connectivity index (χ0) is 20.9. The summed E-state index contributed by atoms with van der Waals surface area (Å²) in [6, 6.07) is 9.27. The number of hydrogen-bond acceptors (Lipinski definition) is 6. The van der Waals surface area contributed by atoms with Crippen molar-refractivity contribution >= 4 is 39.2 Å². The highest BCUT2D eigenvalue weighted by molar-refractivity contribution is 9.10. The average Bonchev–Trinajstić information content (AvgIpc) is 3.14. The molecule has 3 heterocycles. The summed E-state index contributed by atoms with van der Waals surface area (Å²) in [6.07, 6.45) is 7.70. The maximum Gasteiger partial charge on any atom is 0.172 e. The molecule has 1 saturated heterocycles. The molecule has 4 rings (SSSR count). The van der Waals surface area contributed by atoms with E-state index in [9.17, 15) is 5.11 Å². The van der Waals surface area contributed by atoms with Crippen LogP contribution in [0.2, 0.25) is 0 Å². The smallest absolute Gasteiger partial charge is 0.172 e. The number of piperidine rings is 1. The second-order valence-electron chi connectivity index (χ2n) is 7.81. The first-order valence-corrected chi connectivity index (χ1v) is 12.6. The molecule has 0 bridgehead atoms. The third-order valence-electron chi connectivity index (χ3n) is 5.61. The molecule has 2 aromatic heterocycles. The SMILES string of the molecule is CSCCCN1CCCC(CNc2cc(-c3ccccc3O)nc3c(Br)cnn23)C1. The summed E-state index contributed by atoms with van der Waals surface area (Å²) in [4.78, 5) is 7.32. The second kappa shape index (κ2) is 10.0. The van der Waals surface area contributed by atoms with E-state index in [-0.39, 0.29) is 5.75 Å². The number of rotatable bonds is 8. The molecule has 30 heavy (non-hydrogen) atoms. The van der Waals surface area contributed by atoms with Gasteiger partial charge < -0.3 is 15.3 Å². The first-order chi connectivity index (χ1) is 14.7. The van der Waals surface area contributed by atoms with E-state index in [2.05, 4.69) is 37.5 Å². The number of halogens is 1. The molecule has 0 aliphatic carbocycles. The lowest BCUT2D eigenvalue weighted by Gasteiger charge is -2.33. The van der Waals surface area contributed by atoms with Gasteiger partial charge in [0.1, 0.15) is 11.6 Å². The topological polar surface area (TPSA) is 65.7 Å². The number of aromatic hydroxyl groups is 1. The number of nitrogens with zero attached hydrogens (tertiary/aromatic N) is 4. The molecule has 0 saturated carbocycles. The van der Waals surface area contributed by atoms with E-state index >= 15 is 0 Å². The van der Waals surface area contributed by atoms with Gasteiger partial charge in [-0.05, 0) is 78.3 Å². The predicted molar refractivity (Wildman–Crippen MR) is 128 cm³/mol. The van der Waals surface area contributed by atoms with Gasteiger partial charge in [0.2, 0.25) is 0 Å². The van der Waals surface area contributed by atoms with Crippen LogP contribution in [0.5, 0.6) is 5.75 Å². The van der Waals surface area contributed by atoms with E-state index in [0.717, 1.165) is 34.7 Å². The number of aromatic nitrogens is 3. The quantitative estimate of drug-likeness (QED) is 0.445. The van der Waals surface area contributed by atoms with Crippen LogP contribution in [0.3, 0.4) is 0 Å². The minimum Gasteiger partial charge on any atom is -0.507 e. The van der Waals surface area contributed by atoms with E-state index in [1.165, 1.54) is 38.1 Å².